The van der Waals surface area contributed by atoms with Crippen molar-refractivity contribution < 1.29 is 9.53 Å². The summed E-state index contributed by atoms with van der Waals surface area (Å²) in [5.41, 5.74) is 7.83. The Morgan fingerprint density at radius 2 is 1.83 bits per heavy atom. The van der Waals surface area contributed by atoms with Crippen molar-refractivity contribution in [3.8, 4) is 5.75 Å². The Balaban J connectivity index is 0.00000288. The number of carbonyl (C=O) groups is 1. The molecule has 0 aliphatic heterocycles. The normalized spacial score (nSPS) is 11.1. The van der Waals surface area contributed by atoms with Crippen LogP contribution in [-0.2, 0) is 0 Å². The summed E-state index contributed by atoms with van der Waals surface area (Å²) in [7, 11) is 1.63. The Morgan fingerprint density at radius 1 is 1.17 bits per heavy atom. The Hall–Kier alpha value is -2.24. The van der Waals surface area contributed by atoms with Crippen LogP contribution in [0.25, 0.3) is 0 Å². The molecule has 1 atom stereocenters. The summed E-state index contributed by atoms with van der Waals surface area (Å²) in [6.45, 7) is 3.11. The minimum absolute atomic E-state index is 0. The molecule has 0 heterocycles. The maximum Gasteiger partial charge on any atom is 0.253 e. The Bertz CT molecular complexity index is 647. The highest BCUT2D eigenvalue weighted by Gasteiger charge is 2.11. The second kappa shape index (κ2) is 9.80. The summed E-state index contributed by atoms with van der Waals surface area (Å²) in [5, 5.41) is 6.18. The highest BCUT2D eigenvalue weighted by Crippen LogP contribution is 2.22. The van der Waals surface area contributed by atoms with Gasteiger partial charge in [-0.2, -0.15) is 0 Å². The number of hydrogen-bond acceptors (Lipinski definition) is 4. The van der Waals surface area contributed by atoms with Crippen molar-refractivity contribution in [3.05, 3.63) is 54.1 Å². The summed E-state index contributed by atoms with van der Waals surface area (Å²) < 4.78 is 5.14. The zero-order chi connectivity index (χ0) is 16.7. The number of amides is 1. The van der Waals surface area contributed by atoms with Gasteiger partial charge in [-0.15, -0.1) is 12.4 Å². The first kappa shape index (κ1) is 19.8. The van der Waals surface area contributed by atoms with E-state index in [1.807, 2.05) is 49.4 Å². The monoisotopic (exact) mass is 349 g/mol. The molecule has 0 spiro atoms. The van der Waals surface area contributed by atoms with E-state index in [4.69, 9.17) is 10.5 Å². The van der Waals surface area contributed by atoms with Gasteiger partial charge in [-0.3, -0.25) is 4.79 Å². The largest absolute Gasteiger partial charge is 0.497 e. The topological polar surface area (TPSA) is 76.4 Å². The molecule has 2 aromatic carbocycles. The third-order valence-corrected chi connectivity index (χ3v) is 3.55. The number of methoxy groups -OCH3 is 1. The quantitative estimate of drug-likeness (QED) is 0.717. The van der Waals surface area contributed by atoms with Gasteiger partial charge in [0.2, 0.25) is 0 Å². The van der Waals surface area contributed by atoms with Gasteiger partial charge in [0.05, 0.1) is 18.4 Å². The van der Waals surface area contributed by atoms with Crippen LogP contribution in [0.1, 0.15) is 17.3 Å². The molecule has 4 N–H and O–H groups in total. The first-order valence-electron chi connectivity index (χ1n) is 7.62. The lowest BCUT2D eigenvalue weighted by Gasteiger charge is -2.14. The van der Waals surface area contributed by atoms with Gasteiger partial charge in [0.15, 0.2) is 0 Å². The molecule has 6 heteroatoms. The van der Waals surface area contributed by atoms with Crippen molar-refractivity contribution in [1.82, 2.24) is 5.32 Å². The van der Waals surface area contributed by atoms with Crippen LogP contribution in [0, 0.1) is 5.92 Å². The number of nitrogens with two attached hydrogens (primary N) is 1. The molecule has 2 aromatic rings. The molecule has 0 aromatic heterocycles. The Labute approximate surface area is 149 Å². The maximum absolute atomic E-state index is 12.4. The van der Waals surface area contributed by atoms with Gasteiger partial charge in [-0.25, -0.2) is 0 Å². The summed E-state index contributed by atoms with van der Waals surface area (Å²) in [6, 6.07) is 15.0. The van der Waals surface area contributed by atoms with E-state index in [9.17, 15) is 4.79 Å². The zero-order valence-corrected chi connectivity index (χ0v) is 14.7. The number of nitrogens with one attached hydrogen (secondary N) is 2. The molecule has 0 aliphatic rings. The van der Waals surface area contributed by atoms with E-state index in [0.717, 1.165) is 17.1 Å². The van der Waals surface area contributed by atoms with Gasteiger partial charge in [0.25, 0.3) is 5.91 Å². The average molecular weight is 350 g/mol. The molecule has 1 amide bonds. The van der Waals surface area contributed by atoms with Crippen LogP contribution in [0.4, 0.5) is 11.4 Å². The van der Waals surface area contributed by atoms with Gasteiger partial charge in [0, 0.05) is 12.2 Å². The van der Waals surface area contributed by atoms with Gasteiger partial charge in [-0.05, 0) is 48.9 Å². The van der Waals surface area contributed by atoms with Crippen molar-refractivity contribution in [3.63, 3.8) is 0 Å². The highest BCUT2D eigenvalue weighted by atomic mass is 35.5. The van der Waals surface area contributed by atoms with E-state index >= 15 is 0 Å². The molecule has 0 radical (unpaired) electrons. The van der Waals surface area contributed by atoms with Crippen LogP contribution in [0.2, 0.25) is 0 Å². The predicted octanol–water partition coefficient (Wildman–Crippen LogP) is 3.19. The number of benzene rings is 2. The predicted molar refractivity (Wildman–Crippen MR) is 101 cm³/mol. The SMILES string of the molecule is COc1ccc(Nc2ccccc2C(=O)NCC(C)CN)cc1.Cl. The summed E-state index contributed by atoms with van der Waals surface area (Å²) in [6.07, 6.45) is 0. The molecule has 130 valence electrons. The first-order valence-corrected chi connectivity index (χ1v) is 7.62. The van der Waals surface area contributed by atoms with Gasteiger partial charge in [0.1, 0.15) is 5.75 Å². The fraction of sp³-hybridized carbons (Fsp3) is 0.278. The number of carbonyl (C=O) groups excluding carboxylic acids is 1. The van der Waals surface area contributed by atoms with Gasteiger partial charge < -0.3 is 21.1 Å². The molecule has 1 unspecified atom stereocenters. The van der Waals surface area contributed by atoms with Gasteiger partial charge >= 0.3 is 0 Å². The molecular weight excluding hydrogens is 326 g/mol. The van der Waals surface area contributed by atoms with E-state index in [1.54, 1.807) is 13.2 Å². The molecule has 0 saturated carbocycles. The first-order chi connectivity index (χ1) is 11.1. The van der Waals surface area contributed by atoms with Gasteiger partial charge in [-0.1, -0.05) is 19.1 Å². The summed E-state index contributed by atoms with van der Waals surface area (Å²) in [5.74, 6) is 0.930. The summed E-state index contributed by atoms with van der Waals surface area (Å²) in [4.78, 5) is 12.4. The number of rotatable bonds is 7. The lowest BCUT2D eigenvalue weighted by molar-refractivity contribution is 0.0949. The van der Waals surface area contributed by atoms with E-state index in [0.29, 0.717) is 18.7 Å². The van der Waals surface area contributed by atoms with Crippen LogP contribution < -0.4 is 21.1 Å². The van der Waals surface area contributed by atoms with Crippen LogP contribution in [0.3, 0.4) is 0 Å². The number of anilines is 2. The van der Waals surface area contributed by atoms with Crippen LogP contribution in [0.5, 0.6) is 5.75 Å². The minimum Gasteiger partial charge on any atom is -0.497 e. The number of ether oxygens (including phenoxy) is 1. The summed E-state index contributed by atoms with van der Waals surface area (Å²) >= 11 is 0. The average Bonchev–Trinajstić information content (AvgIpc) is 2.60. The Morgan fingerprint density at radius 3 is 2.46 bits per heavy atom. The molecule has 5 nitrogen and oxygen atoms in total. The number of para-hydroxylation sites is 1. The van der Waals surface area contributed by atoms with E-state index in [1.165, 1.54) is 0 Å². The molecular formula is C18H24ClN3O2. The van der Waals surface area contributed by atoms with E-state index < -0.39 is 0 Å². The lowest BCUT2D eigenvalue weighted by Crippen LogP contribution is -2.31. The minimum atomic E-state index is -0.109. The lowest BCUT2D eigenvalue weighted by atomic mass is 10.1. The smallest absolute Gasteiger partial charge is 0.253 e. The van der Waals surface area contributed by atoms with Crippen LogP contribution in [-0.4, -0.2) is 26.1 Å². The van der Waals surface area contributed by atoms with Crippen molar-refractivity contribution in [2.24, 2.45) is 11.7 Å². The Kier molecular flexibility index (Phi) is 8.09. The fourth-order valence-corrected chi connectivity index (χ4v) is 2.07. The third kappa shape index (κ3) is 5.44. The number of hydrogen-bond donors (Lipinski definition) is 3. The standard InChI is InChI=1S/C18H23N3O2.ClH/c1-13(11-19)12-20-18(22)16-5-3-4-6-17(16)21-14-7-9-15(23-2)10-8-14;/h3-10,13,21H,11-12,19H2,1-2H3,(H,20,22);1H. The third-order valence-electron chi connectivity index (χ3n) is 3.55. The molecule has 2 rings (SSSR count). The molecule has 24 heavy (non-hydrogen) atoms. The van der Waals surface area contributed by atoms with Crippen LogP contribution >= 0.6 is 12.4 Å². The second-order valence-electron chi connectivity index (χ2n) is 5.45. The van der Waals surface area contributed by atoms with Crippen molar-refractivity contribution in [1.29, 1.82) is 0 Å². The van der Waals surface area contributed by atoms with Crippen molar-refractivity contribution in [2.75, 3.05) is 25.5 Å². The maximum atomic E-state index is 12.4. The fourth-order valence-electron chi connectivity index (χ4n) is 2.07. The second-order valence-corrected chi connectivity index (χ2v) is 5.45. The highest BCUT2D eigenvalue weighted by molar-refractivity contribution is 6.00. The van der Waals surface area contributed by atoms with Crippen molar-refractivity contribution in [2.45, 2.75) is 6.92 Å². The molecule has 0 saturated heterocycles. The molecule has 0 fully saturated rings. The van der Waals surface area contributed by atoms with E-state index in [-0.39, 0.29) is 24.2 Å². The zero-order valence-electron chi connectivity index (χ0n) is 13.9. The van der Waals surface area contributed by atoms with E-state index in [2.05, 4.69) is 10.6 Å². The molecule has 0 aliphatic carbocycles. The number of halogens is 1. The van der Waals surface area contributed by atoms with Crippen molar-refractivity contribution >= 4 is 29.7 Å². The molecule has 0 bridgehead atoms. The van der Waals surface area contributed by atoms with Crippen LogP contribution in [0.15, 0.2) is 48.5 Å².